The van der Waals surface area contributed by atoms with Crippen molar-refractivity contribution in [3.63, 3.8) is 0 Å². The van der Waals surface area contributed by atoms with Gasteiger partial charge in [0.25, 0.3) is 0 Å². The van der Waals surface area contributed by atoms with E-state index >= 15 is 0 Å². The van der Waals surface area contributed by atoms with E-state index in [1.165, 1.54) is 0 Å². The van der Waals surface area contributed by atoms with Crippen LogP contribution in [0.5, 0.6) is 5.75 Å². The Labute approximate surface area is 154 Å². The second-order valence-electron chi connectivity index (χ2n) is 5.59. The molecule has 0 aliphatic rings. The van der Waals surface area contributed by atoms with Crippen LogP contribution in [0.15, 0.2) is 60.7 Å². The van der Waals surface area contributed by atoms with Crippen LogP contribution in [0.25, 0.3) is 20.7 Å². The molecule has 25 heavy (non-hydrogen) atoms. The molecule has 4 aromatic rings. The van der Waals surface area contributed by atoms with Crippen molar-refractivity contribution in [3.05, 3.63) is 65.9 Å². The van der Waals surface area contributed by atoms with Crippen LogP contribution in [-0.4, -0.2) is 22.1 Å². The maximum atomic E-state index is 9.49. The smallest absolute Gasteiger partial charge is 0.225 e. The van der Waals surface area contributed by atoms with Crippen molar-refractivity contribution < 1.29 is 5.11 Å². The summed E-state index contributed by atoms with van der Waals surface area (Å²) in [4.78, 5) is 12.7. The summed E-state index contributed by atoms with van der Waals surface area (Å²) in [7, 11) is 1.92. The van der Waals surface area contributed by atoms with E-state index in [9.17, 15) is 5.11 Å². The largest absolute Gasteiger partial charge is 0.508 e. The van der Waals surface area contributed by atoms with Crippen LogP contribution in [0, 0.1) is 0 Å². The molecule has 0 unspecified atom stereocenters. The van der Waals surface area contributed by atoms with Crippen molar-refractivity contribution in [2.75, 3.05) is 11.9 Å². The summed E-state index contributed by atoms with van der Waals surface area (Å²) in [6, 6.07) is 19.2. The molecular weight excluding hydrogens is 354 g/mol. The molecule has 2 aromatic carbocycles. The van der Waals surface area contributed by atoms with Gasteiger partial charge in [0.15, 0.2) is 0 Å². The summed E-state index contributed by atoms with van der Waals surface area (Å²) in [5, 5.41) is 10.7. The summed E-state index contributed by atoms with van der Waals surface area (Å²) in [5.74, 6) is 0.962. The highest BCUT2D eigenvalue weighted by atomic mass is 35.5. The van der Waals surface area contributed by atoms with Gasteiger partial charge in [0.2, 0.25) is 5.28 Å². The fourth-order valence-corrected chi connectivity index (χ4v) is 3.93. The number of halogens is 1. The lowest BCUT2D eigenvalue weighted by atomic mass is 10.2. The molecule has 0 bridgehead atoms. The Balaban J connectivity index is 1.85. The van der Waals surface area contributed by atoms with Gasteiger partial charge in [-0.3, -0.25) is 0 Å². The highest BCUT2D eigenvalue weighted by Gasteiger charge is 2.16. The molecule has 0 aliphatic heterocycles. The van der Waals surface area contributed by atoms with Gasteiger partial charge in [-0.15, -0.1) is 11.3 Å². The zero-order chi connectivity index (χ0) is 17.4. The van der Waals surface area contributed by atoms with E-state index in [-0.39, 0.29) is 11.0 Å². The van der Waals surface area contributed by atoms with Gasteiger partial charge in [0.1, 0.15) is 16.4 Å². The van der Waals surface area contributed by atoms with Crippen molar-refractivity contribution in [1.82, 2.24) is 9.97 Å². The summed E-state index contributed by atoms with van der Waals surface area (Å²) >= 11 is 7.75. The van der Waals surface area contributed by atoms with Crippen LogP contribution in [0.3, 0.4) is 0 Å². The Morgan fingerprint density at radius 3 is 2.44 bits per heavy atom. The van der Waals surface area contributed by atoms with E-state index in [1.54, 1.807) is 23.5 Å². The number of aromatic hydroxyl groups is 1. The third-order valence-corrected chi connectivity index (χ3v) is 5.21. The topological polar surface area (TPSA) is 49.2 Å². The monoisotopic (exact) mass is 367 g/mol. The number of phenolic OH excluding ortho intramolecular Hbond substituents is 1. The van der Waals surface area contributed by atoms with Gasteiger partial charge < -0.3 is 10.0 Å². The average Bonchev–Trinajstić information content (AvgIpc) is 3.05. The highest BCUT2D eigenvalue weighted by Crippen LogP contribution is 2.38. The van der Waals surface area contributed by atoms with Crippen LogP contribution >= 0.6 is 22.9 Å². The molecule has 1 N–H and O–H groups in total. The predicted molar refractivity (Wildman–Crippen MR) is 104 cm³/mol. The van der Waals surface area contributed by atoms with Crippen molar-refractivity contribution in [2.24, 2.45) is 0 Å². The fourth-order valence-electron chi connectivity index (χ4n) is 2.68. The van der Waals surface area contributed by atoms with Crippen LogP contribution in [0.2, 0.25) is 5.28 Å². The van der Waals surface area contributed by atoms with Gasteiger partial charge in [-0.2, -0.15) is 4.98 Å². The van der Waals surface area contributed by atoms with Gasteiger partial charge in [0.05, 0.1) is 5.39 Å². The molecule has 0 fully saturated rings. The third kappa shape index (κ3) is 3.04. The lowest BCUT2D eigenvalue weighted by Crippen LogP contribution is -2.11. The normalized spacial score (nSPS) is 11.0. The zero-order valence-electron chi connectivity index (χ0n) is 13.3. The second-order valence-corrected chi connectivity index (χ2v) is 6.96. The first-order valence-corrected chi connectivity index (χ1v) is 8.86. The minimum atomic E-state index is 0.217. The fraction of sp³-hybridized carbons (Fsp3) is 0.0526. The molecule has 0 aliphatic carbocycles. The Bertz CT molecular complexity index is 1030. The Morgan fingerprint density at radius 1 is 1.00 bits per heavy atom. The van der Waals surface area contributed by atoms with E-state index in [0.29, 0.717) is 0 Å². The Hall–Kier alpha value is -2.63. The molecular formula is C19H14ClN3OS. The first-order chi connectivity index (χ1) is 12.1. The Morgan fingerprint density at radius 2 is 1.72 bits per heavy atom. The number of hydrogen-bond donors (Lipinski definition) is 1. The number of fused-ring (bicyclic) bond motifs is 1. The van der Waals surface area contributed by atoms with Gasteiger partial charge in [-0.05, 0) is 47.5 Å². The summed E-state index contributed by atoms with van der Waals surface area (Å²) in [6.45, 7) is 0. The van der Waals surface area contributed by atoms with Crippen LogP contribution in [0.1, 0.15) is 0 Å². The summed E-state index contributed by atoms with van der Waals surface area (Å²) < 4.78 is 0. The number of rotatable bonds is 3. The van der Waals surface area contributed by atoms with Gasteiger partial charge in [-0.1, -0.05) is 30.3 Å². The molecule has 4 nitrogen and oxygen atoms in total. The molecule has 0 saturated carbocycles. The zero-order valence-corrected chi connectivity index (χ0v) is 14.9. The molecule has 4 rings (SSSR count). The molecule has 2 heterocycles. The standard InChI is InChI=1S/C19H14ClN3OS/c1-23(13-7-9-14(24)10-8-13)17-15-11-16(12-5-3-2-4-6-12)25-18(15)22-19(20)21-17/h2-11,24H,1H3. The summed E-state index contributed by atoms with van der Waals surface area (Å²) in [5.41, 5.74) is 2.04. The lowest BCUT2D eigenvalue weighted by molar-refractivity contribution is 0.475. The minimum absolute atomic E-state index is 0.217. The number of aromatic nitrogens is 2. The third-order valence-electron chi connectivity index (χ3n) is 3.96. The van der Waals surface area contributed by atoms with Gasteiger partial charge >= 0.3 is 0 Å². The highest BCUT2D eigenvalue weighted by molar-refractivity contribution is 7.22. The molecule has 0 atom stereocenters. The number of phenols is 1. The molecule has 0 spiro atoms. The van der Waals surface area contributed by atoms with E-state index in [0.717, 1.165) is 32.2 Å². The first-order valence-electron chi connectivity index (χ1n) is 7.67. The average molecular weight is 368 g/mol. The molecule has 0 amide bonds. The molecule has 124 valence electrons. The number of thiophene rings is 1. The van der Waals surface area contributed by atoms with E-state index in [2.05, 4.69) is 28.2 Å². The van der Waals surface area contributed by atoms with Crippen molar-refractivity contribution in [1.29, 1.82) is 0 Å². The van der Waals surface area contributed by atoms with E-state index in [4.69, 9.17) is 11.6 Å². The maximum absolute atomic E-state index is 9.49. The summed E-state index contributed by atoms with van der Waals surface area (Å²) in [6.07, 6.45) is 0. The van der Waals surface area contributed by atoms with Crippen molar-refractivity contribution in [2.45, 2.75) is 0 Å². The number of benzene rings is 2. The minimum Gasteiger partial charge on any atom is -0.508 e. The Kier molecular flexibility index (Phi) is 4.03. The number of hydrogen-bond acceptors (Lipinski definition) is 5. The van der Waals surface area contributed by atoms with Crippen LogP contribution < -0.4 is 4.90 Å². The lowest BCUT2D eigenvalue weighted by Gasteiger charge is -2.19. The molecule has 0 saturated heterocycles. The van der Waals surface area contributed by atoms with Gasteiger partial charge in [0, 0.05) is 17.6 Å². The maximum Gasteiger partial charge on any atom is 0.225 e. The molecule has 2 aromatic heterocycles. The van der Waals surface area contributed by atoms with Crippen molar-refractivity contribution >= 4 is 44.7 Å². The van der Waals surface area contributed by atoms with Crippen LogP contribution in [-0.2, 0) is 0 Å². The number of anilines is 2. The predicted octanol–water partition coefficient (Wildman–Crippen LogP) is 5.49. The second kappa shape index (κ2) is 6.35. The number of nitrogens with zero attached hydrogens (tertiary/aromatic N) is 3. The van der Waals surface area contributed by atoms with E-state index < -0.39 is 0 Å². The van der Waals surface area contributed by atoms with Crippen LogP contribution in [0.4, 0.5) is 11.5 Å². The quantitative estimate of drug-likeness (QED) is 0.487. The molecule has 6 heteroatoms. The van der Waals surface area contributed by atoms with Crippen molar-refractivity contribution in [3.8, 4) is 16.2 Å². The first kappa shape index (κ1) is 15.9. The van der Waals surface area contributed by atoms with Gasteiger partial charge in [-0.25, -0.2) is 4.98 Å². The van der Waals surface area contributed by atoms with E-state index in [1.807, 2.05) is 42.3 Å². The molecule has 0 radical (unpaired) electrons. The SMILES string of the molecule is CN(c1ccc(O)cc1)c1nc(Cl)nc2sc(-c3ccccc3)cc12.